The molecule has 36 heavy (non-hydrogen) atoms. The fraction of sp³-hybridized carbons (Fsp3) is 0.481. The normalized spacial score (nSPS) is 26.7. The quantitative estimate of drug-likeness (QED) is 0.502. The van der Waals surface area contributed by atoms with Gasteiger partial charge in [-0.3, -0.25) is 4.79 Å². The number of amides is 1. The number of hydrogen-bond donors (Lipinski definition) is 3. The highest BCUT2D eigenvalue weighted by atomic mass is 35.5. The average molecular weight is 510 g/mol. The Morgan fingerprint density at radius 2 is 2.17 bits per heavy atom. The number of ether oxygens (including phenoxy) is 2. The van der Waals surface area contributed by atoms with Gasteiger partial charge in [-0.1, -0.05) is 17.7 Å². The van der Waals surface area contributed by atoms with E-state index >= 15 is 0 Å². The van der Waals surface area contributed by atoms with Crippen LogP contribution in [-0.2, 0) is 27.2 Å². The second-order valence-corrected chi connectivity index (χ2v) is 10.7. The van der Waals surface area contributed by atoms with Crippen molar-refractivity contribution >= 4 is 28.5 Å². The number of hydrogen-bond acceptors (Lipinski definition) is 6. The zero-order chi connectivity index (χ0) is 24.9. The van der Waals surface area contributed by atoms with Gasteiger partial charge in [0.1, 0.15) is 5.65 Å². The van der Waals surface area contributed by atoms with Crippen molar-refractivity contribution in [1.29, 1.82) is 0 Å². The number of nitrogens with one attached hydrogen (secondary N) is 3. The molecule has 0 radical (unpaired) electrons. The van der Waals surface area contributed by atoms with E-state index in [0.29, 0.717) is 37.9 Å². The monoisotopic (exact) mass is 509 g/mol. The Bertz CT molecular complexity index is 1300. The third-order valence-corrected chi connectivity index (χ3v) is 7.90. The second-order valence-electron chi connectivity index (χ2n) is 10.3. The van der Waals surface area contributed by atoms with E-state index in [1.54, 1.807) is 6.20 Å². The van der Waals surface area contributed by atoms with Gasteiger partial charge in [-0.15, -0.1) is 0 Å². The van der Waals surface area contributed by atoms with Crippen LogP contribution in [0.15, 0.2) is 30.6 Å². The largest absolute Gasteiger partial charge is 0.378 e. The summed E-state index contributed by atoms with van der Waals surface area (Å²) >= 11 is 6.38. The molecule has 0 unspecified atom stereocenters. The first-order valence-electron chi connectivity index (χ1n) is 12.7. The summed E-state index contributed by atoms with van der Waals surface area (Å²) < 4.78 is 12.0. The van der Waals surface area contributed by atoms with Crippen molar-refractivity contribution < 1.29 is 14.3 Å². The third kappa shape index (κ3) is 4.31. The molecule has 2 aromatic heterocycles. The average Bonchev–Trinajstić information content (AvgIpc) is 3.27. The lowest BCUT2D eigenvalue weighted by molar-refractivity contribution is -0.168. The van der Waals surface area contributed by atoms with Gasteiger partial charge in [0.25, 0.3) is 5.91 Å². The number of nitrogens with zero attached hydrogens (tertiary/aromatic N) is 2. The van der Waals surface area contributed by atoms with Crippen LogP contribution in [0, 0.1) is 0 Å². The predicted octanol–water partition coefficient (Wildman–Crippen LogP) is 3.20. The highest BCUT2D eigenvalue weighted by Crippen LogP contribution is 2.36. The molecular weight excluding hydrogens is 478 g/mol. The van der Waals surface area contributed by atoms with Crippen LogP contribution in [0.2, 0.25) is 5.02 Å². The van der Waals surface area contributed by atoms with Crippen LogP contribution in [0.3, 0.4) is 0 Å². The lowest BCUT2D eigenvalue weighted by Gasteiger charge is -2.42. The van der Waals surface area contributed by atoms with Crippen molar-refractivity contribution in [1.82, 2.24) is 25.5 Å². The molecule has 3 atom stereocenters. The molecule has 0 saturated carbocycles. The summed E-state index contributed by atoms with van der Waals surface area (Å²) in [4.78, 5) is 23.3. The number of pyridine rings is 1. The summed E-state index contributed by atoms with van der Waals surface area (Å²) in [5.74, 6) is 0.0480. The molecule has 2 saturated heterocycles. The fourth-order valence-electron chi connectivity index (χ4n) is 5.74. The molecule has 190 valence electrons. The van der Waals surface area contributed by atoms with Crippen LogP contribution in [0.25, 0.3) is 22.2 Å². The van der Waals surface area contributed by atoms with Crippen LogP contribution in [-0.4, -0.2) is 71.9 Å². The number of aromatic nitrogens is 2. The lowest BCUT2D eigenvalue weighted by atomic mass is 9.86. The van der Waals surface area contributed by atoms with E-state index < -0.39 is 5.60 Å². The summed E-state index contributed by atoms with van der Waals surface area (Å²) in [7, 11) is 0. The van der Waals surface area contributed by atoms with Crippen molar-refractivity contribution in [2.75, 3.05) is 39.4 Å². The molecule has 3 aliphatic rings. The van der Waals surface area contributed by atoms with Crippen molar-refractivity contribution in [3.63, 3.8) is 0 Å². The maximum atomic E-state index is 13.6. The first-order chi connectivity index (χ1) is 17.4. The van der Waals surface area contributed by atoms with Crippen molar-refractivity contribution in [3.05, 3.63) is 52.3 Å². The standard InChI is InChI=1S/C27H32ClN5O3/c1-16-10-29-15-27(2,36-16)26(34)33-5-3-17-7-18(19-9-21-23(28)12-32-25(21)31-11-19)8-20(22(17)13-33)24-14-35-6-4-30-24/h7-9,11-12,16,24,29-30H,3-6,10,13-15H2,1-2H3,(H,31,32)/t16-,24+,27-/m1/s1. The van der Waals surface area contributed by atoms with E-state index in [1.807, 2.05) is 24.9 Å². The topological polar surface area (TPSA) is 91.5 Å². The van der Waals surface area contributed by atoms with Gasteiger partial charge in [0, 0.05) is 56.1 Å². The molecule has 0 bridgehead atoms. The zero-order valence-corrected chi connectivity index (χ0v) is 21.5. The van der Waals surface area contributed by atoms with Gasteiger partial charge in [-0.25, -0.2) is 4.98 Å². The van der Waals surface area contributed by atoms with Crippen molar-refractivity contribution in [2.45, 2.75) is 44.6 Å². The molecule has 0 spiro atoms. The zero-order valence-electron chi connectivity index (χ0n) is 20.7. The fourth-order valence-corrected chi connectivity index (χ4v) is 5.94. The molecule has 3 aromatic rings. The van der Waals surface area contributed by atoms with Crippen molar-refractivity contribution in [2.24, 2.45) is 0 Å². The Hall–Kier alpha value is -2.49. The Kier molecular flexibility index (Phi) is 6.25. The molecule has 8 nitrogen and oxygen atoms in total. The predicted molar refractivity (Wildman–Crippen MR) is 139 cm³/mol. The second kappa shape index (κ2) is 9.43. The van der Waals surface area contributed by atoms with Gasteiger partial charge >= 0.3 is 0 Å². The van der Waals surface area contributed by atoms with E-state index in [4.69, 9.17) is 21.1 Å². The number of morpholine rings is 2. The van der Waals surface area contributed by atoms with Gasteiger partial charge in [0.2, 0.25) is 0 Å². The summed E-state index contributed by atoms with van der Waals surface area (Å²) in [6.07, 6.45) is 4.45. The number of carbonyl (C=O) groups is 1. The minimum atomic E-state index is -0.849. The van der Waals surface area contributed by atoms with E-state index in [1.165, 1.54) is 16.7 Å². The Labute approximate surface area is 215 Å². The number of H-pyrrole nitrogens is 1. The van der Waals surface area contributed by atoms with E-state index in [0.717, 1.165) is 41.7 Å². The number of fused-ring (bicyclic) bond motifs is 2. The van der Waals surface area contributed by atoms with Crippen LogP contribution in [0.5, 0.6) is 0 Å². The Balaban J connectivity index is 1.37. The molecule has 2 fully saturated rings. The van der Waals surface area contributed by atoms with E-state index in [9.17, 15) is 4.79 Å². The maximum absolute atomic E-state index is 13.6. The van der Waals surface area contributed by atoms with Gasteiger partial charge in [-0.05, 0) is 54.7 Å². The van der Waals surface area contributed by atoms with Crippen LogP contribution in [0.4, 0.5) is 0 Å². The van der Waals surface area contributed by atoms with Gasteiger partial charge in [-0.2, -0.15) is 0 Å². The minimum absolute atomic E-state index is 0.00552. The molecule has 6 rings (SSSR count). The van der Waals surface area contributed by atoms with Crippen LogP contribution in [0.1, 0.15) is 36.6 Å². The van der Waals surface area contributed by atoms with Crippen molar-refractivity contribution in [3.8, 4) is 11.1 Å². The molecular formula is C27H32ClN5O3. The summed E-state index contributed by atoms with van der Waals surface area (Å²) in [5.41, 5.74) is 5.70. The van der Waals surface area contributed by atoms with E-state index in [2.05, 4.69) is 38.8 Å². The number of rotatable bonds is 3. The molecule has 3 N–H and O–H groups in total. The summed E-state index contributed by atoms with van der Waals surface area (Å²) in [5, 5.41) is 8.54. The highest BCUT2D eigenvalue weighted by Gasteiger charge is 2.42. The lowest BCUT2D eigenvalue weighted by Crippen LogP contribution is -2.60. The number of carbonyl (C=O) groups excluding carboxylic acids is 1. The smallest absolute Gasteiger partial charge is 0.256 e. The summed E-state index contributed by atoms with van der Waals surface area (Å²) in [6, 6.07) is 6.63. The molecule has 1 aromatic carbocycles. The molecule has 0 aliphatic carbocycles. The molecule has 5 heterocycles. The molecule has 1 amide bonds. The highest BCUT2D eigenvalue weighted by molar-refractivity contribution is 6.35. The minimum Gasteiger partial charge on any atom is -0.378 e. The number of halogens is 1. The maximum Gasteiger partial charge on any atom is 0.256 e. The van der Waals surface area contributed by atoms with Crippen LogP contribution >= 0.6 is 11.6 Å². The third-order valence-electron chi connectivity index (χ3n) is 7.58. The molecule has 9 heteroatoms. The molecule has 3 aliphatic heterocycles. The van der Waals surface area contributed by atoms with Gasteiger partial charge in [0.05, 0.1) is 30.4 Å². The number of aromatic amines is 1. The first-order valence-corrected chi connectivity index (χ1v) is 13.1. The van der Waals surface area contributed by atoms with E-state index in [-0.39, 0.29) is 18.1 Å². The van der Waals surface area contributed by atoms with Gasteiger partial charge in [0.15, 0.2) is 5.60 Å². The Morgan fingerprint density at radius 3 is 2.97 bits per heavy atom. The summed E-state index contributed by atoms with van der Waals surface area (Å²) in [6.45, 7) is 8.54. The number of benzene rings is 1. The van der Waals surface area contributed by atoms with Gasteiger partial charge < -0.3 is 30.0 Å². The van der Waals surface area contributed by atoms with Crippen LogP contribution < -0.4 is 10.6 Å². The first kappa shape index (κ1) is 23.9. The SMILES string of the molecule is C[C@@H]1CNC[C@](C)(C(=O)N2CCc3cc(-c4cnc5[nH]cc(Cl)c5c4)cc([C@@H]4COCCN4)c3C2)O1. The Morgan fingerprint density at radius 1 is 1.28 bits per heavy atom.